The molecule has 0 aliphatic carbocycles. The Hall–Kier alpha value is -1.75. The lowest BCUT2D eigenvalue weighted by molar-refractivity contribution is -0.137. The van der Waals surface area contributed by atoms with E-state index in [4.69, 9.17) is 16.7 Å². The molecule has 0 fully saturated rings. The van der Waals surface area contributed by atoms with E-state index in [2.05, 4.69) is 5.32 Å². The molecule has 0 bridgehead atoms. The molecule has 0 aromatic heterocycles. The molecule has 1 aromatic carbocycles. The highest BCUT2D eigenvalue weighted by Gasteiger charge is 2.17. The molecule has 1 aromatic rings. The number of carboxylic acid groups (broad SMARTS) is 1. The Kier molecular flexibility index (Phi) is 7.02. The number of amides is 2. The molecule has 1 rings (SSSR count). The van der Waals surface area contributed by atoms with E-state index in [0.717, 1.165) is 12.0 Å². The maximum atomic E-state index is 12.1. The number of carbonyl (C=O) groups is 2. The average molecular weight is 313 g/mol. The van der Waals surface area contributed by atoms with Gasteiger partial charge in [0.05, 0.1) is 6.42 Å². The number of hydrogen-bond donors (Lipinski definition) is 2. The van der Waals surface area contributed by atoms with Gasteiger partial charge in [0.2, 0.25) is 0 Å². The summed E-state index contributed by atoms with van der Waals surface area (Å²) in [7, 11) is 1.67. The Morgan fingerprint density at radius 3 is 2.71 bits per heavy atom. The third kappa shape index (κ3) is 6.49. The maximum Gasteiger partial charge on any atom is 0.317 e. The average Bonchev–Trinajstić information content (AvgIpc) is 2.38. The number of benzene rings is 1. The molecule has 2 N–H and O–H groups in total. The van der Waals surface area contributed by atoms with E-state index in [1.807, 2.05) is 19.1 Å². The lowest BCUT2D eigenvalue weighted by atomic mass is 10.1. The first-order valence-corrected chi connectivity index (χ1v) is 7.28. The molecule has 21 heavy (non-hydrogen) atoms. The van der Waals surface area contributed by atoms with Gasteiger partial charge in [-0.3, -0.25) is 4.79 Å². The van der Waals surface area contributed by atoms with Gasteiger partial charge in [-0.2, -0.15) is 0 Å². The standard InChI is InChI=1S/C15H21ClN2O3/c1-3-5-13(9-14(19)20)17-15(21)18(2)10-11-6-4-7-12(16)8-11/h4,6-8,13H,3,5,9-10H2,1-2H3,(H,17,21)(H,19,20). The normalized spacial score (nSPS) is 11.8. The lowest BCUT2D eigenvalue weighted by Gasteiger charge is -2.22. The van der Waals surface area contributed by atoms with Gasteiger partial charge < -0.3 is 15.3 Å². The third-order valence-corrected chi connectivity index (χ3v) is 3.28. The summed E-state index contributed by atoms with van der Waals surface area (Å²) in [6.45, 7) is 2.37. The van der Waals surface area contributed by atoms with Gasteiger partial charge in [-0.1, -0.05) is 37.1 Å². The van der Waals surface area contributed by atoms with E-state index in [1.165, 1.54) is 4.90 Å². The number of urea groups is 1. The monoisotopic (exact) mass is 312 g/mol. The second kappa shape index (κ2) is 8.52. The van der Waals surface area contributed by atoms with Crippen molar-refractivity contribution in [3.63, 3.8) is 0 Å². The number of aliphatic carboxylic acids is 1. The quantitative estimate of drug-likeness (QED) is 0.812. The number of nitrogens with one attached hydrogen (secondary N) is 1. The first kappa shape index (κ1) is 17.3. The minimum atomic E-state index is -0.911. The highest BCUT2D eigenvalue weighted by atomic mass is 35.5. The molecular formula is C15H21ClN2O3. The fraction of sp³-hybridized carbons (Fsp3) is 0.467. The van der Waals surface area contributed by atoms with Crippen LogP contribution < -0.4 is 5.32 Å². The van der Waals surface area contributed by atoms with Crippen LogP contribution in [0.2, 0.25) is 5.02 Å². The first-order valence-electron chi connectivity index (χ1n) is 6.90. The molecule has 0 spiro atoms. The molecule has 0 aliphatic heterocycles. The van der Waals surface area contributed by atoms with Crippen molar-refractivity contribution in [2.75, 3.05) is 7.05 Å². The second-order valence-corrected chi connectivity index (χ2v) is 5.46. The number of nitrogens with zero attached hydrogens (tertiary/aromatic N) is 1. The third-order valence-electron chi connectivity index (χ3n) is 3.04. The summed E-state index contributed by atoms with van der Waals surface area (Å²) in [5, 5.41) is 12.2. The van der Waals surface area contributed by atoms with Crippen LogP contribution >= 0.6 is 11.6 Å². The number of carbonyl (C=O) groups excluding carboxylic acids is 1. The fourth-order valence-electron chi connectivity index (χ4n) is 2.05. The molecule has 0 heterocycles. The summed E-state index contributed by atoms with van der Waals surface area (Å²) < 4.78 is 0. The summed E-state index contributed by atoms with van der Waals surface area (Å²) in [5.41, 5.74) is 0.922. The zero-order chi connectivity index (χ0) is 15.8. The minimum absolute atomic E-state index is 0.0649. The van der Waals surface area contributed by atoms with Gasteiger partial charge in [-0.05, 0) is 24.1 Å². The van der Waals surface area contributed by atoms with Crippen molar-refractivity contribution >= 4 is 23.6 Å². The zero-order valence-corrected chi connectivity index (χ0v) is 13.1. The fourth-order valence-corrected chi connectivity index (χ4v) is 2.26. The van der Waals surface area contributed by atoms with Gasteiger partial charge >= 0.3 is 12.0 Å². The molecular weight excluding hydrogens is 292 g/mol. The smallest absolute Gasteiger partial charge is 0.317 e. The van der Waals surface area contributed by atoms with E-state index < -0.39 is 5.97 Å². The van der Waals surface area contributed by atoms with Crippen LogP contribution in [0, 0.1) is 0 Å². The minimum Gasteiger partial charge on any atom is -0.481 e. The van der Waals surface area contributed by atoms with Crippen molar-refractivity contribution in [2.45, 2.75) is 38.8 Å². The first-order chi connectivity index (χ1) is 9.92. The van der Waals surface area contributed by atoms with Crippen LogP contribution in [-0.4, -0.2) is 35.1 Å². The Bertz CT molecular complexity index is 494. The van der Waals surface area contributed by atoms with Crippen LogP contribution in [0.5, 0.6) is 0 Å². The molecule has 5 nitrogen and oxygen atoms in total. The molecule has 0 radical (unpaired) electrons. The van der Waals surface area contributed by atoms with Gasteiger partial charge in [-0.15, -0.1) is 0 Å². The van der Waals surface area contributed by atoms with Gasteiger partial charge in [0.25, 0.3) is 0 Å². The van der Waals surface area contributed by atoms with Crippen LogP contribution in [0.3, 0.4) is 0 Å². The number of rotatable bonds is 7. The highest BCUT2D eigenvalue weighted by Crippen LogP contribution is 2.12. The Balaban J connectivity index is 2.58. The van der Waals surface area contributed by atoms with Crippen molar-refractivity contribution < 1.29 is 14.7 Å². The molecule has 0 aliphatic rings. The lowest BCUT2D eigenvalue weighted by Crippen LogP contribution is -2.43. The molecule has 1 unspecified atom stereocenters. The summed E-state index contributed by atoms with van der Waals surface area (Å²) in [5.74, 6) is -0.911. The van der Waals surface area contributed by atoms with Crippen molar-refractivity contribution in [3.8, 4) is 0 Å². The zero-order valence-electron chi connectivity index (χ0n) is 12.3. The summed E-state index contributed by atoms with van der Waals surface area (Å²) in [6.07, 6.45) is 1.39. The molecule has 1 atom stereocenters. The topological polar surface area (TPSA) is 69.6 Å². The molecule has 6 heteroatoms. The number of carboxylic acids is 1. The Labute approximate surface area is 129 Å². The van der Waals surface area contributed by atoms with Gasteiger partial charge in [0, 0.05) is 24.7 Å². The van der Waals surface area contributed by atoms with Crippen LogP contribution in [-0.2, 0) is 11.3 Å². The Morgan fingerprint density at radius 2 is 2.14 bits per heavy atom. The van der Waals surface area contributed by atoms with Crippen molar-refractivity contribution in [1.29, 1.82) is 0 Å². The highest BCUT2D eigenvalue weighted by molar-refractivity contribution is 6.30. The molecule has 0 saturated heterocycles. The molecule has 2 amide bonds. The second-order valence-electron chi connectivity index (χ2n) is 5.02. The van der Waals surface area contributed by atoms with Crippen molar-refractivity contribution in [3.05, 3.63) is 34.9 Å². The van der Waals surface area contributed by atoms with E-state index >= 15 is 0 Å². The van der Waals surface area contributed by atoms with Crippen LogP contribution in [0.15, 0.2) is 24.3 Å². The van der Waals surface area contributed by atoms with E-state index in [1.54, 1.807) is 19.2 Å². The summed E-state index contributed by atoms with van der Waals surface area (Å²) in [4.78, 5) is 24.4. The van der Waals surface area contributed by atoms with Crippen molar-refractivity contribution in [2.24, 2.45) is 0 Å². The van der Waals surface area contributed by atoms with Crippen LogP contribution in [0.1, 0.15) is 31.7 Å². The van der Waals surface area contributed by atoms with E-state index in [9.17, 15) is 9.59 Å². The predicted octanol–water partition coefficient (Wildman–Crippen LogP) is 3.12. The Morgan fingerprint density at radius 1 is 1.43 bits per heavy atom. The van der Waals surface area contributed by atoms with Crippen LogP contribution in [0.25, 0.3) is 0 Å². The number of halogens is 1. The largest absolute Gasteiger partial charge is 0.481 e. The SMILES string of the molecule is CCCC(CC(=O)O)NC(=O)N(C)Cc1cccc(Cl)c1. The maximum absolute atomic E-state index is 12.1. The van der Waals surface area contributed by atoms with Crippen LogP contribution in [0.4, 0.5) is 4.79 Å². The summed E-state index contributed by atoms with van der Waals surface area (Å²) in [6, 6.07) is 6.66. The van der Waals surface area contributed by atoms with Gasteiger partial charge in [0.1, 0.15) is 0 Å². The molecule has 0 saturated carbocycles. The number of hydrogen-bond acceptors (Lipinski definition) is 2. The van der Waals surface area contributed by atoms with E-state index in [0.29, 0.717) is 18.0 Å². The van der Waals surface area contributed by atoms with Crippen molar-refractivity contribution in [1.82, 2.24) is 10.2 Å². The predicted molar refractivity (Wildman–Crippen MR) is 82.4 cm³/mol. The van der Waals surface area contributed by atoms with Gasteiger partial charge in [-0.25, -0.2) is 4.79 Å². The summed E-state index contributed by atoms with van der Waals surface area (Å²) >= 11 is 5.91. The molecule has 116 valence electrons. The van der Waals surface area contributed by atoms with E-state index in [-0.39, 0.29) is 18.5 Å². The van der Waals surface area contributed by atoms with Gasteiger partial charge in [0.15, 0.2) is 0 Å².